The Morgan fingerprint density at radius 2 is 1.75 bits per heavy atom. The van der Waals surface area contributed by atoms with Gasteiger partial charge in [-0.2, -0.15) is 13.2 Å². The minimum absolute atomic E-state index is 0.511. The largest absolute Gasteiger partial charge is 0.427 e. The number of likely N-dealkylation sites (tertiary alicyclic amines) is 1. The van der Waals surface area contributed by atoms with Crippen LogP contribution in [0.25, 0.3) is 0 Å². The van der Waals surface area contributed by atoms with Crippen LogP contribution >= 0.6 is 11.3 Å². The first-order valence-electron chi connectivity index (χ1n) is 7.06. The molecule has 0 aromatic carbocycles. The molecule has 1 aromatic rings. The van der Waals surface area contributed by atoms with Gasteiger partial charge in [0.05, 0.1) is 6.20 Å². The molecule has 2 saturated heterocycles. The lowest BCUT2D eigenvalue weighted by molar-refractivity contribution is -0.134. The number of piperidine rings is 1. The lowest BCUT2D eigenvalue weighted by Crippen LogP contribution is -2.43. The number of thiazole rings is 1. The normalized spacial score (nSPS) is 22.6. The fraction of sp³-hybridized carbons (Fsp3) is 0.769. The Labute approximate surface area is 120 Å². The quantitative estimate of drug-likeness (QED) is 0.836. The summed E-state index contributed by atoms with van der Waals surface area (Å²) in [6.07, 6.45) is 1.29. The highest BCUT2D eigenvalue weighted by Gasteiger charge is 2.34. The summed E-state index contributed by atoms with van der Waals surface area (Å²) in [5, 5.41) is 0.511. The van der Waals surface area contributed by atoms with E-state index in [1.165, 1.54) is 25.9 Å². The highest BCUT2D eigenvalue weighted by atomic mass is 32.1. The molecule has 1 aromatic heterocycles. The van der Waals surface area contributed by atoms with Gasteiger partial charge in [-0.05, 0) is 38.8 Å². The first-order chi connectivity index (χ1) is 9.54. The number of aromatic nitrogens is 1. The average molecular weight is 305 g/mol. The van der Waals surface area contributed by atoms with Crippen LogP contribution < -0.4 is 4.90 Å². The maximum Gasteiger partial charge on any atom is 0.427 e. The third-order valence-corrected chi connectivity index (χ3v) is 5.27. The third-order valence-electron chi connectivity index (χ3n) is 4.16. The Bertz CT molecular complexity index is 446. The lowest BCUT2D eigenvalue weighted by Gasteiger charge is -2.36. The van der Waals surface area contributed by atoms with Crippen molar-refractivity contribution >= 4 is 16.5 Å². The van der Waals surface area contributed by atoms with Crippen LogP contribution in [0.3, 0.4) is 0 Å². The molecule has 0 amide bonds. The molecule has 0 saturated carbocycles. The van der Waals surface area contributed by atoms with Gasteiger partial charge in [-0.1, -0.05) is 11.3 Å². The summed E-state index contributed by atoms with van der Waals surface area (Å²) in [5.74, 6) is 0. The van der Waals surface area contributed by atoms with Crippen molar-refractivity contribution in [2.75, 3.05) is 31.1 Å². The predicted molar refractivity (Wildman–Crippen MR) is 73.2 cm³/mol. The van der Waals surface area contributed by atoms with Crippen LogP contribution in [0.5, 0.6) is 0 Å². The Morgan fingerprint density at radius 1 is 1.10 bits per heavy atom. The number of alkyl halides is 3. The molecule has 112 valence electrons. The molecule has 0 aliphatic carbocycles. The molecule has 3 nitrogen and oxygen atoms in total. The fourth-order valence-corrected chi connectivity index (χ4v) is 3.91. The van der Waals surface area contributed by atoms with Crippen LogP contribution in [0.15, 0.2) is 6.20 Å². The minimum Gasteiger partial charge on any atom is -0.348 e. The second-order valence-electron chi connectivity index (χ2n) is 5.47. The first-order valence-corrected chi connectivity index (χ1v) is 7.88. The summed E-state index contributed by atoms with van der Waals surface area (Å²) in [6.45, 7) is 3.98. The SMILES string of the molecule is FC(F)(F)c1cnc(N2CCC(N3CCCC3)CC2)s1. The van der Waals surface area contributed by atoms with Crippen molar-refractivity contribution < 1.29 is 13.2 Å². The van der Waals surface area contributed by atoms with Gasteiger partial charge in [-0.25, -0.2) is 4.98 Å². The zero-order valence-corrected chi connectivity index (χ0v) is 12.0. The standard InChI is InChI=1S/C13H18F3N3S/c14-13(15,16)11-9-17-12(20-11)19-7-3-10(4-8-19)18-5-1-2-6-18/h9-10H,1-8H2. The Balaban J connectivity index is 1.59. The Hall–Kier alpha value is -0.820. The number of halogens is 3. The second-order valence-corrected chi connectivity index (χ2v) is 6.48. The average Bonchev–Trinajstić information content (AvgIpc) is 3.10. The molecule has 7 heteroatoms. The van der Waals surface area contributed by atoms with Crippen molar-refractivity contribution in [3.05, 3.63) is 11.1 Å². The Morgan fingerprint density at radius 3 is 2.30 bits per heavy atom. The van der Waals surface area contributed by atoms with E-state index in [0.717, 1.165) is 43.5 Å². The third kappa shape index (κ3) is 2.93. The van der Waals surface area contributed by atoms with E-state index in [4.69, 9.17) is 0 Å². The van der Waals surface area contributed by atoms with E-state index >= 15 is 0 Å². The molecule has 2 fully saturated rings. The van der Waals surface area contributed by atoms with Gasteiger partial charge in [0, 0.05) is 19.1 Å². The predicted octanol–water partition coefficient (Wildman–Crippen LogP) is 3.23. The van der Waals surface area contributed by atoms with E-state index in [9.17, 15) is 13.2 Å². The van der Waals surface area contributed by atoms with Crippen molar-refractivity contribution in [2.45, 2.75) is 37.9 Å². The topological polar surface area (TPSA) is 19.4 Å². The molecule has 0 unspecified atom stereocenters. The number of hydrogen-bond acceptors (Lipinski definition) is 4. The summed E-state index contributed by atoms with van der Waals surface area (Å²) >= 11 is 0.756. The van der Waals surface area contributed by atoms with E-state index in [0.29, 0.717) is 11.2 Å². The van der Waals surface area contributed by atoms with Crippen LogP contribution in [0, 0.1) is 0 Å². The lowest BCUT2D eigenvalue weighted by atomic mass is 10.0. The summed E-state index contributed by atoms with van der Waals surface area (Å²) in [5.41, 5.74) is 0. The van der Waals surface area contributed by atoms with Crippen LogP contribution in [0.2, 0.25) is 0 Å². The monoisotopic (exact) mass is 305 g/mol. The second kappa shape index (κ2) is 5.52. The fourth-order valence-electron chi connectivity index (χ4n) is 3.07. The van der Waals surface area contributed by atoms with Gasteiger partial charge < -0.3 is 9.80 Å². The van der Waals surface area contributed by atoms with E-state index in [2.05, 4.69) is 9.88 Å². The molecule has 3 rings (SSSR count). The molecular weight excluding hydrogens is 287 g/mol. The molecule has 0 bridgehead atoms. The molecule has 2 aliphatic heterocycles. The molecule has 0 N–H and O–H groups in total. The zero-order valence-electron chi connectivity index (χ0n) is 11.2. The summed E-state index contributed by atoms with van der Waals surface area (Å²) < 4.78 is 37.7. The maximum absolute atomic E-state index is 12.6. The van der Waals surface area contributed by atoms with Gasteiger partial charge in [0.15, 0.2) is 5.13 Å². The molecule has 0 radical (unpaired) electrons. The molecule has 2 aliphatic rings. The van der Waals surface area contributed by atoms with Crippen LogP contribution in [-0.2, 0) is 6.18 Å². The summed E-state index contributed by atoms with van der Waals surface area (Å²) in [4.78, 5) is 7.86. The highest BCUT2D eigenvalue weighted by molar-refractivity contribution is 7.15. The van der Waals surface area contributed by atoms with E-state index < -0.39 is 11.1 Å². The van der Waals surface area contributed by atoms with Gasteiger partial charge >= 0.3 is 6.18 Å². The van der Waals surface area contributed by atoms with Gasteiger partial charge in [-0.3, -0.25) is 0 Å². The molecule has 0 atom stereocenters. The summed E-state index contributed by atoms with van der Waals surface area (Å²) in [7, 11) is 0. The van der Waals surface area contributed by atoms with Crippen molar-refractivity contribution in [3.8, 4) is 0 Å². The number of nitrogens with zero attached hydrogens (tertiary/aromatic N) is 3. The van der Waals surface area contributed by atoms with Crippen molar-refractivity contribution in [3.63, 3.8) is 0 Å². The van der Waals surface area contributed by atoms with Gasteiger partial charge in [0.1, 0.15) is 4.88 Å². The first kappa shape index (κ1) is 14.1. The van der Waals surface area contributed by atoms with Gasteiger partial charge in [0.2, 0.25) is 0 Å². The van der Waals surface area contributed by atoms with Gasteiger partial charge in [0.25, 0.3) is 0 Å². The Kier molecular flexibility index (Phi) is 3.90. The number of anilines is 1. The minimum atomic E-state index is -4.27. The highest BCUT2D eigenvalue weighted by Crippen LogP contribution is 2.37. The molecule has 20 heavy (non-hydrogen) atoms. The summed E-state index contributed by atoms with van der Waals surface area (Å²) in [6, 6.07) is 0.607. The smallest absolute Gasteiger partial charge is 0.348 e. The molecule has 0 spiro atoms. The van der Waals surface area contributed by atoms with Gasteiger partial charge in [-0.15, -0.1) is 0 Å². The van der Waals surface area contributed by atoms with E-state index in [1.54, 1.807) is 0 Å². The van der Waals surface area contributed by atoms with Crippen molar-refractivity contribution in [1.82, 2.24) is 9.88 Å². The number of rotatable bonds is 2. The van der Waals surface area contributed by atoms with Crippen LogP contribution in [0.1, 0.15) is 30.6 Å². The zero-order chi connectivity index (χ0) is 14.2. The van der Waals surface area contributed by atoms with Crippen molar-refractivity contribution in [1.29, 1.82) is 0 Å². The maximum atomic E-state index is 12.6. The molecular formula is C13H18F3N3S. The van der Waals surface area contributed by atoms with Crippen molar-refractivity contribution in [2.24, 2.45) is 0 Å². The van der Waals surface area contributed by atoms with Crippen LogP contribution in [0.4, 0.5) is 18.3 Å². The molecule has 3 heterocycles. The number of hydrogen-bond donors (Lipinski definition) is 0. The van der Waals surface area contributed by atoms with E-state index in [1.807, 2.05) is 4.90 Å². The van der Waals surface area contributed by atoms with E-state index in [-0.39, 0.29) is 0 Å². The van der Waals surface area contributed by atoms with Crippen LogP contribution in [-0.4, -0.2) is 42.1 Å².